The van der Waals surface area contributed by atoms with Crippen LogP contribution in [0.15, 0.2) is 144 Å². The highest BCUT2D eigenvalue weighted by Gasteiger charge is 2.18. The van der Waals surface area contributed by atoms with E-state index in [-0.39, 0.29) is 0 Å². The van der Waals surface area contributed by atoms with E-state index in [0.717, 1.165) is 38.8 Å². The standard InChI is InChI=1S/C38H23NO/c1-3-13-28-24(9-1)20-22-34-36(28)33-21-19-25-10-2-4-14-29(25)37(33)39(34)27-12-7-11-26(23-27)30-16-8-17-32-31-15-5-6-18-35(31)40-38(30)32/h1-23H. The first-order chi connectivity index (χ1) is 19.8. The van der Waals surface area contributed by atoms with Gasteiger partial charge in [0.2, 0.25) is 0 Å². The Labute approximate surface area is 230 Å². The maximum absolute atomic E-state index is 6.41. The van der Waals surface area contributed by atoms with Crippen LogP contribution in [0.5, 0.6) is 0 Å². The highest BCUT2D eigenvalue weighted by atomic mass is 16.3. The molecular formula is C38H23NO. The van der Waals surface area contributed by atoms with Crippen LogP contribution < -0.4 is 0 Å². The van der Waals surface area contributed by atoms with Crippen LogP contribution in [0.2, 0.25) is 0 Å². The summed E-state index contributed by atoms with van der Waals surface area (Å²) in [6.07, 6.45) is 0. The predicted molar refractivity (Wildman–Crippen MR) is 169 cm³/mol. The molecule has 40 heavy (non-hydrogen) atoms. The van der Waals surface area contributed by atoms with E-state index >= 15 is 0 Å². The van der Waals surface area contributed by atoms with E-state index in [0.29, 0.717) is 0 Å². The van der Waals surface area contributed by atoms with Crippen molar-refractivity contribution in [3.05, 3.63) is 140 Å². The average molecular weight is 510 g/mol. The van der Waals surface area contributed by atoms with E-state index in [2.05, 4.69) is 132 Å². The summed E-state index contributed by atoms with van der Waals surface area (Å²) >= 11 is 0. The molecule has 0 saturated heterocycles. The lowest BCUT2D eigenvalue weighted by Gasteiger charge is -2.12. The number of furan rings is 1. The Balaban J connectivity index is 1.39. The Kier molecular flexibility index (Phi) is 4.36. The van der Waals surface area contributed by atoms with E-state index in [9.17, 15) is 0 Å². The van der Waals surface area contributed by atoms with Gasteiger partial charge >= 0.3 is 0 Å². The lowest BCUT2D eigenvalue weighted by Crippen LogP contribution is -1.95. The van der Waals surface area contributed by atoms with Crippen LogP contribution in [-0.2, 0) is 0 Å². The molecule has 0 atom stereocenters. The van der Waals surface area contributed by atoms with Gasteiger partial charge in [0.05, 0.1) is 11.0 Å². The van der Waals surface area contributed by atoms with E-state index in [1.165, 1.54) is 43.4 Å². The van der Waals surface area contributed by atoms with Crippen LogP contribution in [0.3, 0.4) is 0 Å². The van der Waals surface area contributed by atoms with Crippen molar-refractivity contribution in [2.24, 2.45) is 0 Å². The summed E-state index contributed by atoms with van der Waals surface area (Å²) in [4.78, 5) is 0. The molecule has 0 amide bonds. The summed E-state index contributed by atoms with van der Waals surface area (Å²) < 4.78 is 8.85. The molecule has 0 fully saturated rings. The summed E-state index contributed by atoms with van der Waals surface area (Å²) in [7, 11) is 0. The third-order valence-corrected chi connectivity index (χ3v) is 8.36. The summed E-state index contributed by atoms with van der Waals surface area (Å²) in [5, 5.41) is 9.90. The maximum atomic E-state index is 6.41. The van der Waals surface area contributed by atoms with Gasteiger partial charge in [-0.1, -0.05) is 115 Å². The second-order valence-corrected chi connectivity index (χ2v) is 10.5. The average Bonchev–Trinajstić information content (AvgIpc) is 3.57. The second kappa shape index (κ2) is 8.08. The van der Waals surface area contributed by atoms with Gasteiger partial charge < -0.3 is 8.98 Å². The molecule has 0 aliphatic rings. The highest BCUT2D eigenvalue weighted by Crippen LogP contribution is 2.41. The van der Waals surface area contributed by atoms with Crippen molar-refractivity contribution >= 4 is 65.3 Å². The van der Waals surface area contributed by atoms with Gasteiger partial charge in [0.25, 0.3) is 0 Å². The summed E-state index contributed by atoms with van der Waals surface area (Å²) in [6.45, 7) is 0. The minimum atomic E-state index is 0.918. The lowest BCUT2D eigenvalue weighted by atomic mass is 10.0. The van der Waals surface area contributed by atoms with Crippen molar-refractivity contribution in [1.29, 1.82) is 0 Å². The van der Waals surface area contributed by atoms with Crippen molar-refractivity contribution < 1.29 is 4.42 Å². The Morgan fingerprint density at radius 1 is 0.475 bits per heavy atom. The molecule has 2 heterocycles. The van der Waals surface area contributed by atoms with Crippen LogP contribution in [0.4, 0.5) is 0 Å². The molecule has 0 saturated carbocycles. The van der Waals surface area contributed by atoms with Crippen molar-refractivity contribution in [2.45, 2.75) is 0 Å². The van der Waals surface area contributed by atoms with Gasteiger partial charge in [0.15, 0.2) is 0 Å². The van der Waals surface area contributed by atoms with Gasteiger partial charge in [-0.05, 0) is 46.0 Å². The van der Waals surface area contributed by atoms with Gasteiger partial charge in [0, 0.05) is 38.2 Å². The number of fused-ring (bicyclic) bond motifs is 10. The van der Waals surface area contributed by atoms with Crippen LogP contribution >= 0.6 is 0 Å². The van der Waals surface area contributed by atoms with Crippen molar-refractivity contribution in [1.82, 2.24) is 4.57 Å². The Morgan fingerprint density at radius 2 is 1.18 bits per heavy atom. The molecule has 0 unspecified atom stereocenters. The van der Waals surface area contributed by atoms with Crippen molar-refractivity contribution in [3.63, 3.8) is 0 Å². The number of hydrogen-bond acceptors (Lipinski definition) is 1. The summed E-state index contributed by atoms with van der Waals surface area (Å²) in [5.74, 6) is 0. The topological polar surface area (TPSA) is 18.1 Å². The van der Waals surface area contributed by atoms with Crippen LogP contribution in [0.1, 0.15) is 0 Å². The minimum absolute atomic E-state index is 0.918. The van der Waals surface area contributed by atoms with E-state index < -0.39 is 0 Å². The Morgan fingerprint density at radius 3 is 2.08 bits per heavy atom. The zero-order valence-electron chi connectivity index (χ0n) is 21.6. The van der Waals surface area contributed by atoms with E-state index in [1.54, 1.807) is 0 Å². The van der Waals surface area contributed by atoms with Crippen LogP contribution in [0, 0.1) is 0 Å². The smallest absolute Gasteiger partial charge is 0.143 e. The molecule has 0 aliphatic heterocycles. The molecule has 0 radical (unpaired) electrons. The number of para-hydroxylation sites is 2. The second-order valence-electron chi connectivity index (χ2n) is 10.5. The van der Waals surface area contributed by atoms with E-state index in [4.69, 9.17) is 4.42 Å². The molecule has 2 aromatic heterocycles. The third kappa shape index (κ3) is 2.93. The van der Waals surface area contributed by atoms with Gasteiger partial charge in [-0.2, -0.15) is 0 Å². The number of hydrogen-bond donors (Lipinski definition) is 0. The molecule has 2 heteroatoms. The van der Waals surface area contributed by atoms with Gasteiger partial charge in [-0.3, -0.25) is 0 Å². The van der Waals surface area contributed by atoms with Crippen LogP contribution in [0.25, 0.3) is 82.1 Å². The largest absolute Gasteiger partial charge is 0.455 e. The number of aromatic nitrogens is 1. The number of nitrogens with zero attached hydrogens (tertiary/aromatic N) is 1. The third-order valence-electron chi connectivity index (χ3n) is 8.36. The molecule has 0 aliphatic carbocycles. The van der Waals surface area contributed by atoms with Gasteiger partial charge in [0.1, 0.15) is 11.2 Å². The quantitative estimate of drug-likeness (QED) is 0.227. The zero-order chi connectivity index (χ0) is 26.2. The normalized spacial score (nSPS) is 12.0. The van der Waals surface area contributed by atoms with Crippen LogP contribution in [-0.4, -0.2) is 4.57 Å². The number of benzene rings is 7. The SMILES string of the molecule is c1cc(-c2cccc3c2oc2ccccc23)cc(-n2c3ccc4ccccc4c3c3ccc4ccccc4c32)c1. The first-order valence-corrected chi connectivity index (χ1v) is 13.7. The fourth-order valence-corrected chi connectivity index (χ4v) is 6.60. The Bertz CT molecular complexity index is 2440. The molecular weight excluding hydrogens is 486 g/mol. The monoisotopic (exact) mass is 509 g/mol. The molecule has 186 valence electrons. The van der Waals surface area contributed by atoms with E-state index in [1.807, 2.05) is 12.1 Å². The summed E-state index contributed by atoms with van der Waals surface area (Å²) in [5.41, 5.74) is 7.68. The molecule has 9 rings (SSSR count). The number of rotatable bonds is 2. The van der Waals surface area contributed by atoms with Gasteiger partial charge in [-0.15, -0.1) is 0 Å². The van der Waals surface area contributed by atoms with Crippen molar-refractivity contribution in [2.75, 3.05) is 0 Å². The molecule has 0 bridgehead atoms. The molecule has 2 nitrogen and oxygen atoms in total. The Hall–Kier alpha value is -5.34. The van der Waals surface area contributed by atoms with Gasteiger partial charge in [-0.25, -0.2) is 0 Å². The lowest BCUT2D eigenvalue weighted by molar-refractivity contribution is 0.670. The molecule has 0 N–H and O–H groups in total. The first-order valence-electron chi connectivity index (χ1n) is 13.7. The minimum Gasteiger partial charge on any atom is -0.455 e. The molecule has 7 aromatic carbocycles. The van der Waals surface area contributed by atoms with Crippen molar-refractivity contribution in [3.8, 4) is 16.8 Å². The highest BCUT2D eigenvalue weighted by molar-refractivity contribution is 6.26. The molecule has 9 aromatic rings. The predicted octanol–water partition coefficient (Wildman–Crippen LogP) is 10.7. The summed E-state index contributed by atoms with van der Waals surface area (Å²) in [6, 6.07) is 50.1. The fraction of sp³-hybridized carbons (Fsp3) is 0. The first kappa shape index (κ1) is 21.6. The maximum Gasteiger partial charge on any atom is 0.143 e. The molecule has 0 spiro atoms. The fourth-order valence-electron chi connectivity index (χ4n) is 6.60. The zero-order valence-corrected chi connectivity index (χ0v) is 21.6.